The van der Waals surface area contributed by atoms with Gasteiger partial charge in [0.05, 0.1) is 26.3 Å². The molecule has 25 heavy (non-hydrogen) atoms. The maximum atomic E-state index is 12.7. The maximum absolute atomic E-state index is 12.7. The number of carbonyl (C=O) groups excluding carboxylic acids is 2. The summed E-state index contributed by atoms with van der Waals surface area (Å²) < 4.78 is 17.8. The first-order valence-electron chi connectivity index (χ1n) is 7.54. The van der Waals surface area contributed by atoms with Gasteiger partial charge in [0, 0.05) is 0 Å². The van der Waals surface area contributed by atoms with Crippen LogP contribution in [0.5, 0.6) is 5.75 Å². The van der Waals surface area contributed by atoms with Crippen molar-refractivity contribution in [1.29, 1.82) is 0 Å². The van der Waals surface area contributed by atoms with E-state index in [1.165, 1.54) is 30.5 Å². The Hall–Kier alpha value is -3.22. The van der Waals surface area contributed by atoms with Crippen molar-refractivity contribution in [3.8, 4) is 5.75 Å². The molecule has 6 nitrogen and oxygen atoms in total. The van der Waals surface area contributed by atoms with E-state index in [9.17, 15) is 14.0 Å². The summed E-state index contributed by atoms with van der Waals surface area (Å²) in [7, 11) is 1.57. The summed E-state index contributed by atoms with van der Waals surface area (Å²) in [6.07, 6.45) is 1.55. The summed E-state index contributed by atoms with van der Waals surface area (Å²) in [4.78, 5) is 23.4. The molecule has 0 atom stereocenters. The van der Waals surface area contributed by atoms with Crippen molar-refractivity contribution in [2.24, 2.45) is 5.10 Å². The molecule has 130 valence electrons. The molecule has 0 fully saturated rings. The lowest BCUT2D eigenvalue weighted by Gasteiger charge is -2.05. The summed E-state index contributed by atoms with van der Waals surface area (Å²) in [5.41, 5.74) is 3.74. The minimum atomic E-state index is -0.457. The van der Waals surface area contributed by atoms with E-state index in [-0.39, 0.29) is 24.7 Å². The second kappa shape index (κ2) is 9.17. The van der Waals surface area contributed by atoms with E-state index in [2.05, 4.69) is 15.8 Å². The van der Waals surface area contributed by atoms with E-state index >= 15 is 0 Å². The van der Waals surface area contributed by atoms with E-state index in [4.69, 9.17) is 4.74 Å². The fourth-order valence-corrected chi connectivity index (χ4v) is 1.94. The number of methoxy groups -OCH3 is 1. The van der Waals surface area contributed by atoms with Crippen LogP contribution in [0.3, 0.4) is 0 Å². The standard InChI is InChI=1S/C18H18FN3O3/c1-25-16-8-4-13(5-9-16)10-17(23)20-12-18(24)22-21-11-14-2-6-15(19)7-3-14/h2-9,11H,10,12H2,1H3,(H,20,23)(H,22,24)/b21-11+. The first-order chi connectivity index (χ1) is 12.1. The third kappa shape index (κ3) is 6.42. The number of nitrogens with zero attached hydrogens (tertiary/aromatic N) is 1. The average Bonchev–Trinajstić information content (AvgIpc) is 2.62. The maximum Gasteiger partial charge on any atom is 0.259 e. The Labute approximate surface area is 144 Å². The van der Waals surface area contributed by atoms with Crippen LogP contribution in [0.15, 0.2) is 53.6 Å². The molecule has 7 heteroatoms. The van der Waals surface area contributed by atoms with Crippen LogP contribution in [0.4, 0.5) is 4.39 Å². The zero-order chi connectivity index (χ0) is 18.1. The number of nitrogens with one attached hydrogen (secondary N) is 2. The molecule has 0 unspecified atom stereocenters. The van der Waals surface area contributed by atoms with E-state index in [1.54, 1.807) is 31.4 Å². The Balaban J connectivity index is 1.71. The highest BCUT2D eigenvalue weighted by Gasteiger charge is 2.06. The predicted octanol–water partition coefficient (Wildman–Crippen LogP) is 1.64. The molecule has 2 N–H and O–H groups in total. The number of hydrogen-bond acceptors (Lipinski definition) is 4. The van der Waals surface area contributed by atoms with E-state index in [0.717, 1.165) is 5.56 Å². The highest BCUT2D eigenvalue weighted by Crippen LogP contribution is 2.11. The number of rotatable bonds is 7. The topological polar surface area (TPSA) is 79.8 Å². The SMILES string of the molecule is COc1ccc(CC(=O)NCC(=O)N/N=C/c2ccc(F)cc2)cc1. The quantitative estimate of drug-likeness (QED) is 0.592. The summed E-state index contributed by atoms with van der Waals surface area (Å²) in [5.74, 6) is -0.368. The van der Waals surface area contributed by atoms with E-state index < -0.39 is 5.91 Å². The van der Waals surface area contributed by atoms with Crippen LogP contribution in [-0.4, -0.2) is 31.7 Å². The number of hydrazone groups is 1. The molecule has 0 saturated heterocycles. The molecule has 0 aromatic heterocycles. The predicted molar refractivity (Wildman–Crippen MR) is 91.8 cm³/mol. The van der Waals surface area contributed by atoms with Gasteiger partial charge in [0.1, 0.15) is 11.6 Å². The van der Waals surface area contributed by atoms with Crippen LogP contribution < -0.4 is 15.5 Å². The summed E-state index contributed by atoms with van der Waals surface area (Å²) in [6.45, 7) is -0.185. The molecule has 0 heterocycles. The number of amides is 2. The molecule has 2 aromatic rings. The van der Waals surface area contributed by atoms with Gasteiger partial charge in [-0.05, 0) is 35.4 Å². The van der Waals surface area contributed by atoms with Crippen LogP contribution in [0.1, 0.15) is 11.1 Å². The molecule has 0 aliphatic rings. The Morgan fingerprint density at radius 1 is 1.08 bits per heavy atom. The summed E-state index contributed by atoms with van der Waals surface area (Å²) in [6, 6.07) is 12.7. The fourth-order valence-electron chi connectivity index (χ4n) is 1.94. The van der Waals surface area contributed by atoms with Crippen molar-refractivity contribution in [2.45, 2.75) is 6.42 Å². The zero-order valence-corrected chi connectivity index (χ0v) is 13.7. The second-order valence-electron chi connectivity index (χ2n) is 5.15. The van der Waals surface area contributed by atoms with Crippen molar-refractivity contribution < 1.29 is 18.7 Å². The highest BCUT2D eigenvalue weighted by molar-refractivity contribution is 5.86. The number of benzene rings is 2. The van der Waals surface area contributed by atoms with Gasteiger partial charge in [0.2, 0.25) is 5.91 Å². The summed E-state index contributed by atoms with van der Waals surface area (Å²) in [5, 5.41) is 6.25. The van der Waals surface area contributed by atoms with Crippen molar-refractivity contribution in [3.05, 3.63) is 65.5 Å². The molecule has 0 bridgehead atoms. The van der Waals surface area contributed by atoms with E-state index in [1.807, 2.05) is 0 Å². The largest absolute Gasteiger partial charge is 0.497 e. The number of halogens is 1. The van der Waals surface area contributed by atoms with Crippen molar-refractivity contribution in [1.82, 2.24) is 10.7 Å². The molecule has 2 rings (SSSR count). The monoisotopic (exact) mass is 343 g/mol. The molecular formula is C18H18FN3O3. The number of ether oxygens (including phenoxy) is 1. The van der Waals surface area contributed by atoms with Gasteiger partial charge in [-0.1, -0.05) is 24.3 Å². The third-order valence-corrected chi connectivity index (χ3v) is 3.24. The van der Waals surface area contributed by atoms with Gasteiger partial charge in [0.15, 0.2) is 0 Å². The van der Waals surface area contributed by atoms with Crippen LogP contribution in [0.2, 0.25) is 0 Å². The van der Waals surface area contributed by atoms with Gasteiger partial charge in [0.25, 0.3) is 5.91 Å². The van der Waals surface area contributed by atoms with Gasteiger partial charge < -0.3 is 10.1 Å². The summed E-state index contributed by atoms with van der Waals surface area (Å²) >= 11 is 0. The zero-order valence-electron chi connectivity index (χ0n) is 13.7. The van der Waals surface area contributed by atoms with Crippen LogP contribution >= 0.6 is 0 Å². The highest BCUT2D eigenvalue weighted by atomic mass is 19.1. The van der Waals surface area contributed by atoms with Gasteiger partial charge in [-0.15, -0.1) is 0 Å². The van der Waals surface area contributed by atoms with Gasteiger partial charge in [-0.25, -0.2) is 9.82 Å². The molecule has 2 aromatic carbocycles. The molecule has 2 amide bonds. The lowest BCUT2D eigenvalue weighted by atomic mass is 10.1. The molecule has 0 spiro atoms. The van der Waals surface area contributed by atoms with Crippen molar-refractivity contribution >= 4 is 18.0 Å². The Kier molecular flexibility index (Phi) is 6.65. The minimum absolute atomic E-state index is 0.163. The van der Waals surface area contributed by atoms with Gasteiger partial charge >= 0.3 is 0 Å². The molecule has 0 radical (unpaired) electrons. The number of hydrogen-bond donors (Lipinski definition) is 2. The minimum Gasteiger partial charge on any atom is -0.497 e. The first kappa shape index (κ1) is 18.1. The first-order valence-corrected chi connectivity index (χ1v) is 7.54. The molecule has 0 aliphatic carbocycles. The van der Waals surface area contributed by atoms with Crippen LogP contribution in [0, 0.1) is 5.82 Å². The molecule has 0 saturated carbocycles. The van der Waals surface area contributed by atoms with Gasteiger partial charge in [-0.2, -0.15) is 5.10 Å². The smallest absolute Gasteiger partial charge is 0.259 e. The fraction of sp³-hybridized carbons (Fsp3) is 0.167. The normalized spacial score (nSPS) is 10.5. The lowest BCUT2D eigenvalue weighted by Crippen LogP contribution is -2.35. The van der Waals surface area contributed by atoms with Crippen molar-refractivity contribution in [3.63, 3.8) is 0 Å². The second-order valence-corrected chi connectivity index (χ2v) is 5.15. The Bertz CT molecular complexity index is 743. The number of carbonyl (C=O) groups is 2. The van der Waals surface area contributed by atoms with Crippen LogP contribution in [0.25, 0.3) is 0 Å². The average molecular weight is 343 g/mol. The van der Waals surface area contributed by atoms with Crippen LogP contribution in [-0.2, 0) is 16.0 Å². The third-order valence-electron chi connectivity index (χ3n) is 3.24. The Morgan fingerprint density at radius 2 is 1.76 bits per heavy atom. The molecule has 0 aliphatic heterocycles. The van der Waals surface area contributed by atoms with Crippen molar-refractivity contribution in [2.75, 3.05) is 13.7 Å². The van der Waals surface area contributed by atoms with Gasteiger partial charge in [-0.3, -0.25) is 9.59 Å². The lowest BCUT2D eigenvalue weighted by molar-refractivity contribution is -0.125. The Morgan fingerprint density at radius 3 is 2.40 bits per heavy atom. The van der Waals surface area contributed by atoms with E-state index in [0.29, 0.717) is 11.3 Å². The molecular weight excluding hydrogens is 325 g/mol.